The molecule has 17 heavy (non-hydrogen) atoms. The molecule has 1 aromatic rings. The fourth-order valence-electron chi connectivity index (χ4n) is 2.39. The maximum atomic E-state index is 15.2. The Balaban J connectivity index is 3.04. The Hall–Kier alpha value is -0.673. The number of halogens is 1. The van der Waals surface area contributed by atoms with Gasteiger partial charge in [0.05, 0.1) is 0 Å². The van der Waals surface area contributed by atoms with Crippen LogP contribution in [0.2, 0.25) is 11.1 Å². The van der Waals surface area contributed by atoms with Gasteiger partial charge in [-0.15, -0.1) is 0 Å². The van der Waals surface area contributed by atoms with Crippen molar-refractivity contribution in [2.45, 2.75) is 45.2 Å². The lowest BCUT2D eigenvalue weighted by atomic mass is 10.2. The summed E-state index contributed by atoms with van der Waals surface area (Å²) < 4.78 is 15.2. The molecule has 96 valence electrons. The molecule has 0 saturated carbocycles. The van der Waals surface area contributed by atoms with Gasteiger partial charge in [0.2, 0.25) is 0 Å². The van der Waals surface area contributed by atoms with Crippen molar-refractivity contribution in [1.29, 1.82) is 0 Å². The molecule has 0 aromatic heterocycles. The average Bonchev–Trinajstić information content (AvgIpc) is 2.28. The van der Waals surface area contributed by atoms with Crippen LogP contribution in [0.4, 0.5) is 4.11 Å². The molecule has 1 N–H and O–H groups in total. The zero-order valence-corrected chi connectivity index (χ0v) is 12.2. The Morgan fingerprint density at radius 1 is 1.06 bits per heavy atom. The molecule has 0 amide bonds. The van der Waals surface area contributed by atoms with Crippen molar-refractivity contribution in [2.75, 3.05) is 6.61 Å². The summed E-state index contributed by atoms with van der Waals surface area (Å²) in [7, 11) is -2.89. The van der Waals surface area contributed by atoms with Gasteiger partial charge in [0.1, 0.15) is 0 Å². The fourth-order valence-corrected chi connectivity index (χ4v) is 5.73. The van der Waals surface area contributed by atoms with Crippen molar-refractivity contribution < 1.29 is 9.21 Å². The van der Waals surface area contributed by atoms with E-state index in [2.05, 4.69) is 0 Å². The van der Waals surface area contributed by atoms with Crippen LogP contribution in [0.5, 0.6) is 0 Å². The molecule has 0 unspecified atom stereocenters. The minimum absolute atomic E-state index is 0.0891. The molecule has 1 aromatic carbocycles. The number of benzene rings is 1. The molecule has 0 fully saturated rings. The van der Waals surface area contributed by atoms with Gasteiger partial charge in [0, 0.05) is 6.61 Å². The minimum Gasteiger partial charge on any atom is -0.396 e. The standard InChI is InChI=1S/C14H23FOSi/c1-11(2)17(15,12(3)4)14-7-5-13(6-8-14)9-10-16/h5-8,11-12,16H,9-10H2,1-4H3/i15+0. The molecular formula is C14H23FOSi. The molecule has 0 aliphatic heterocycles. The van der Waals surface area contributed by atoms with Gasteiger partial charge in [-0.3, -0.25) is 0 Å². The normalized spacial score (nSPS) is 12.5. The Bertz CT molecular complexity index is 338. The van der Waals surface area contributed by atoms with Crippen molar-refractivity contribution in [3.63, 3.8) is 0 Å². The summed E-state index contributed by atoms with van der Waals surface area (Å²) in [6.45, 7) is 8.06. The average molecular weight is 254 g/mol. The molecule has 0 heterocycles. The van der Waals surface area contributed by atoms with Gasteiger partial charge in [0.25, 0.3) is 8.41 Å². The lowest BCUT2D eigenvalue weighted by Gasteiger charge is -2.30. The highest BCUT2D eigenvalue weighted by Gasteiger charge is 2.43. The molecule has 0 bridgehead atoms. The quantitative estimate of drug-likeness (QED) is 0.632. The lowest BCUT2D eigenvalue weighted by molar-refractivity contribution is 0.299. The van der Waals surface area contributed by atoms with Crippen LogP contribution in [0.15, 0.2) is 24.3 Å². The van der Waals surface area contributed by atoms with Crippen LogP contribution in [0.25, 0.3) is 0 Å². The molecule has 0 saturated heterocycles. The van der Waals surface area contributed by atoms with Crippen molar-refractivity contribution in [1.82, 2.24) is 0 Å². The van der Waals surface area contributed by atoms with Gasteiger partial charge in [0.15, 0.2) is 0 Å². The third kappa shape index (κ3) is 2.96. The molecular weight excluding hydrogens is 231 g/mol. The topological polar surface area (TPSA) is 20.2 Å². The second-order valence-electron chi connectivity index (χ2n) is 5.25. The largest absolute Gasteiger partial charge is 0.396 e. The van der Waals surface area contributed by atoms with Crippen LogP contribution in [-0.2, 0) is 6.42 Å². The van der Waals surface area contributed by atoms with E-state index >= 15 is 4.11 Å². The first kappa shape index (κ1) is 14.4. The second-order valence-corrected chi connectivity index (χ2v) is 9.67. The van der Waals surface area contributed by atoms with Gasteiger partial charge in [-0.1, -0.05) is 52.0 Å². The highest BCUT2D eigenvalue weighted by molar-refractivity contribution is 6.88. The van der Waals surface area contributed by atoms with Gasteiger partial charge in [-0.2, -0.15) is 0 Å². The highest BCUT2D eigenvalue weighted by atomic mass is 28.4. The van der Waals surface area contributed by atoms with E-state index in [9.17, 15) is 0 Å². The van der Waals surface area contributed by atoms with Gasteiger partial charge in [-0.25, -0.2) is 0 Å². The van der Waals surface area contributed by atoms with Crippen molar-refractivity contribution in [3.8, 4) is 0 Å². The predicted molar refractivity (Wildman–Crippen MR) is 73.9 cm³/mol. The zero-order chi connectivity index (χ0) is 13.1. The summed E-state index contributed by atoms with van der Waals surface area (Å²) in [5.74, 6) is 0. The summed E-state index contributed by atoms with van der Waals surface area (Å²) in [4.78, 5) is 0. The smallest absolute Gasteiger partial charge is 0.282 e. The van der Waals surface area contributed by atoms with E-state index in [1.165, 1.54) is 0 Å². The van der Waals surface area contributed by atoms with E-state index in [0.717, 1.165) is 10.8 Å². The summed E-state index contributed by atoms with van der Waals surface area (Å²) in [5.41, 5.74) is 1.25. The van der Waals surface area contributed by atoms with Crippen molar-refractivity contribution in [3.05, 3.63) is 29.8 Å². The molecule has 0 radical (unpaired) electrons. The van der Waals surface area contributed by atoms with E-state index in [4.69, 9.17) is 5.11 Å². The summed E-state index contributed by atoms with van der Waals surface area (Å²) in [6.07, 6.45) is 0.643. The Morgan fingerprint density at radius 2 is 1.53 bits per heavy atom. The molecule has 1 nitrogen and oxygen atoms in total. The van der Waals surface area contributed by atoms with E-state index in [-0.39, 0.29) is 17.7 Å². The van der Waals surface area contributed by atoms with Gasteiger partial charge < -0.3 is 9.21 Å². The Labute approximate surface area is 105 Å². The van der Waals surface area contributed by atoms with E-state index in [1.54, 1.807) is 0 Å². The number of hydrogen-bond acceptors (Lipinski definition) is 1. The molecule has 3 heteroatoms. The van der Waals surface area contributed by atoms with Crippen LogP contribution >= 0.6 is 0 Å². The maximum Gasteiger partial charge on any atom is 0.282 e. The Kier molecular flexibility index (Phi) is 4.89. The highest BCUT2D eigenvalue weighted by Crippen LogP contribution is 2.33. The van der Waals surface area contributed by atoms with E-state index < -0.39 is 8.41 Å². The molecule has 0 spiro atoms. The van der Waals surface area contributed by atoms with Crippen LogP contribution in [-0.4, -0.2) is 20.1 Å². The minimum atomic E-state index is -2.89. The monoisotopic (exact) mass is 254 g/mol. The van der Waals surface area contributed by atoms with Crippen LogP contribution < -0.4 is 5.19 Å². The number of aliphatic hydroxyl groups excluding tert-OH is 1. The van der Waals surface area contributed by atoms with Crippen molar-refractivity contribution in [2.24, 2.45) is 0 Å². The van der Waals surface area contributed by atoms with Crippen LogP contribution in [0.1, 0.15) is 33.3 Å². The number of aliphatic hydroxyl groups is 1. The van der Waals surface area contributed by atoms with E-state index in [1.807, 2.05) is 52.0 Å². The first-order chi connectivity index (χ1) is 7.92. The molecule has 1 rings (SSSR count). The fraction of sp³-hybridized carbons (Fsp3) is 0.571. The third-order valence-corrected chi connectivity index (χ3v) is 8.06. The molecule has 0 atom stereocenters. The molecule has 0 aliphatic carbocycles. The lowest BCUT2D eigenvalue weighted by Crippen LogP contribution is -2.49. The number of hydrogen-bond donors (Lipinski definition) is 1. The third-order valence-electron chi connectivity index (χ3n) is 3.48. The van der Waals surface area contributed by atoms with Gasteiger partial charge in [-0.05, 0) is 28.3 Å². The van der Waals surface area contributed by atoms with Gasteiger partial charge >= 0.3 is 0 Å². The second kappa shape index (κ2) is 5.78. The predicted octanol–water partition coefficient (Wildman–Crippen LogP) is 3.16. The summed E-state index contributed by atoms with van der Waals surface area (Å²) in [6, 6.07) is 7.71. The SMILES string of the molecule is CC(C)[Si]([19F])(c1ccc(CCO)cc1)C(C)C. The van der Waals surface area contributed by atoms with Crippen LogP contribution in [0, 0.1) is 0 Å². The summed E-state index contributed by atoms with van der Waals surface area (Å²) in [5, 5.41) is 9.74. The van der Waals surface area contributed by atoms with Crippen molar-refractivity contribution >= 4 is 13.6 Å². The zero-order valence-electron chi connectivity index (χ0n) is 11.2. The van der Waals surface area contributed by atoms with E-state index in [0.29, 0.717) is 6.42 Å². The Morgan fingerprint density at radius 3 is 1.88 bits per heavy atom. The number of rotatable bonds is 5. The molecule has 0 aliphatic rings. The first-order valence-corrected chi connectivity index (χ1v) is 8.35. The maximum absolute atomic E-state index is 15.2. The summed E-state index contributed by atoms with van der Waals surface area (Å²) >= 11 is 0. The van der Waals surface area contributed by atoms with Crippen LogP contribution in [0.3, 0.4) is 0 Å². The first-order valence-electron chi connectivity index (χ1n) is 6.32.